The molecule has 3 atom stereocenters. The SMILES string of the molecule is CC.COCCCn1c(C)nc2c1CCC1CC(=O)C(C#N)CC21C. The number of aryl methyl sites for hydroxylation is 1. The fourth-order valence-corrected chi connectivity index (χ4v) is 4.44. The van der Waals surface area contributed by atoms with Crippen molar-refractivity contribution < 1.29 is 9.53 Å². The summed E-state index contributed by atoms with van der Waals surface area (Å²) in [4.78, 5) is 17.0. The van der Waals surface area contributed by atoms with Crippen molar-refractivity contribution in [2.45, 2.75) is 71.8 Å². The minimum Gasteiger partial charge on any atom is -0.385 e. The Kier molecular flexibility index (Phi) is 6.40. The molecule has 1 heterocycles. The second kappa shape index (κ2) is 8.14. The highest BCUT2D eigenvalue weighted by atomic mass is 16.5. The zero-order valence-electron chi connectivity index (χ0n) is 16.3. The number of hydrogen-bond donors (Lipinski definition) is 0. The van der Waals surface area contributed by atoms with Gasteiger partial charge in [-0.1, -0.05) is 20.8 Å². The maximum absolute atomic E-state index is 12.1. The number of methoxy groups -OCH3 is 1. The average Bonchev–Trinajstić information content (AvgIpc) is 2.94. The van der Waals surface area contributed by atoms with Crippen LogP contribution >= 0.6 is 0 Å². The van der Waals surface area contributed by atoms with Crippen molar-refractivity contribution in [2.75, 3.05) is 13.7 Å². The van der Waals surface area contributed by atoms with Gasteiger partial charge in [0.2, 0.25) is 0 Å². The van der Waals surface area contributed by atoms with E-state index >= 15 is 0 Å². The number of nitrogens with zero attached hydrogens (tertiary/aromatic N) is 3. The lowest BCUT2D eigenvalue weighted by Gasteiger charge is -2.45. The van der Waals surface area contributed by atoms with Gasteiger partial charge in [-0.15, -0.1) is 0 Å². The molecule has 0 radical (unpaired) electrons. The van der Waals surface area contributed by atoms with E-state index in [1.807, 2.05) is 13.8 Å². The first-order valence-electron chi connectivity index (χ1n) is 9.49. The highest BCUT2D eigenvalue weighted by molar-refractivity contribution is 5.85. The zero-order chi connectivity index (χ0) is 18.6. The monoisotopic (exact) mass is 345 g/mol. The molecular formula is C20H31N3O2. The Bertz CT molecular complexity index is 659. The van der Waals surface area contributed by atoms with Crippen molar-refractivity contribution in [3.63, 3.8) is 0 Å². The Labute approximate surface area is 151 Å². The van der Waals surface area contributed by atoms with E-state index in [9.17, 15) is 10.1 Å². The number of ether oxygens (including phenoxy) is 1. The van der Waals surface area contributed by atoms with E-state index in [0.717, 1.165) is 43.9 Å². The zero-order valence-corrected chi connectivity index (χ0v) is 16.3. The highest BCUT2D eigenvalue weighted by Gasteiger charge is 2.50. The molecule has 1 aromatic rings. The minimum absolute atomic E-state index is 0.120. The molecule has 138 valence electrons. The molecule has 0 spiro atoms. The number of Topliss-reactive ketones (excluding diaryl/α,β-unsaturated/α-hetero) is 1. The van der Waals surface area contributed by atoms with E-state index in [-0.39, 0.29) is 11.2 Å². The molecule has 25 heavy (non-hydrogen) atoms. The van der Waals surface area contributed by atoms with Gasteiger partial charge in [0.05, 0.1) is 11.8 Å². The molecule has 0 saturated heterocycles. The van der Waals surface area contributed by atoms with Gasteiger partial charge in [0.25, 0.3) is 0 Å². The van der Waals surface area contributed by atoms with Gasteiger partial charge < -0.3 is 9.30 Å². The molecule has 1 aromatic heterocycles. The van der Waals surface area contributed by atoms with Crippen molar-refractivity contribution in [2.24, 2.45) is 11.8 Å². The lowest BCUT2D eigenvalue weighted by atomic mass is 9.58. The van der Waals surface area contributed by atoms with Crippen LogP contribution in [-0.2, 0) is 27.9 Å². The first-order chi connectivity index (χ1) is 12.0. The van der Waals surface area contributed by atoms with Gasteiger partial charge in [-0.05, 0) is 38.5 Å². The number of hydrogen-bond acceptors (Lipinski definition) is 4. The predicted molar refractivity (Wildman–Crippen MR) is 97.3 cm³/mol. The Morgan fingerprint density at radius 1 is 1.44 bits per heavy atom. The third-order valence-electron chi connectivity index (χ3n) is 5.79. The van der Waals surface area contributed by atoms with Gasteiger partial charge in [-0.3, -0.25) is 4.79 Å². The first kappa shape index (κ1) is 19.7. The third kappa shape index (κ3) is 3.50. The van der Waals surface area contributed by atoms with E-state index in [4.69, 9.17) is 9.72 Å². The maximum Gasteiger partial charge on any atom is 0.150 e. The molecule has 0 N–H and O–H groups in total. The number of rotatable bonds is 4. The molecule has 1 fully saturated rings. The van der Waals surface area contributed by atoms with E-state index in [1.54, 1.807) is 7.11 Å². The van der Waals surface area contributed by atoms with Crippen LogP contribution in [0, 0.1) is 30.1 Å². The molecular weight excluding hydrogens is 314 g/mol. The fourth-order valence-electron chi connectivity index (χ4n) is 4.44. The highest BCUT2D eigenvalue weighted by Crippen LogP contribution is 2.50. The van der Waals surface area contributed by atoms with Gasteiger partial charge >= 0.3 is 0 Å². The van der Waals surface area contributed by atoms with Crippen LogP contribution in [0.15, 0.2) is 0 Å². The predicted octanol–water partition coefficient (Wildman–Crippen LogP) is 3.58. The molecule has 5 heteroatoms. The molecule has 3 unspecified atom stereocenters. The average molecular weight is 345 g/mol. The van der Waals surface area contributed by atoms with E-state index < -0.39 is 5.92 Å². The third-order valence-corrected chi connectivity index (χ3v) is 5.79. The summed E-state index contributed by atoms with van der Waals surface area (Å²) in [5.41, 5.74) is 2.30. The van der Waals surface area contributed by atoms with Crippen LogP contribution in [0.1, 0.15) is 63.7 Å². The summed E-state index contributed by atoms with van der Waals surface area (Å²) in [5, 5.41) is 9.31. The largest absolute Gasteiger partial charge is 0.385 e. The number of fused-ring (bicyclic) bond motifs is 3. The van der Waals surface area contributed by atoms with Crippen LogP contribution in [0.4, 0.5) is 0 Å². The lowest BCUT2D eigenvalue weighted by molar-refractivity contribution is -0.126. The lowest BCUT2D eigenvalue weighted by Crippen LogP contribution is -2.45. The normalized spacial score (nSPS) is 27.6. The molecule has 1 saturated carbocycles. The molecule has 0 amide bonds. The van der Waals surface area contributed by atoms with Gasteiger partial charge in [-0.2, -0.15) is 5.26 Å². The Hall–Kier alpha value is -1.67. The molecule has 0 aliphatic heterocycles. The Balaban J connectivity index is 0.00000109. The topological polar surface area (TPSA) is 67.9 Å². The summed E-state index contributed by atoms with van der Waals surface area (Å²) in [5.74, 6) is 1.02. The molecule has 2 aliphatic rings. The van der Waals surface area contributed by atoms with Crippen LogP contribution in [0.25, 0.3) is 0 Å². The molecule has 2 aliphatic carbocycles. The fraction of sp³-hybridized carbons (Fsp3) is 0.750. The van der Waals surface area contributed by atoms with Crippen molar-refractivity contribution in [1.29, 1.82) is 5.26 Å². The van der Waals surface area contributed by atoms with Gasteiger partial charge in [-0.25, -0.2) is 4.98 Å². The Morgan fingerprint density at radius 2 is 2.16 bits per heavy atom. The molecule has 0 bridgehead atoms. The smallest absolute Gasteiger partial charge is 0.150 e. The van der Waals surface area contributed by atoms with Crippen molar-refractivity contribution >= 4 is 5.78 Å². The Morgan fingerprint density at radius 3 is 2.80 bits per heavy atom. The van der Waals surface area contributed by atoms with Crippen molar-refractivity contribution in [3.05, 3.63) is 17.2 Å². The van der Waals surface area contributed by atoms with Crippen LogP contribution < -0.4 is 0 Å². The minimum atomic E-state index is -0.471. The van der Waals surface area contributed by atoms with E-state index in [1.165, 1.54) is 5.69 Å². The molecule has 3 rings (SSSR count). The van der Waals surface area contributed by atoms with Crippen molar-refractivity contribution in [1.82, 2.24) is 9.55 Å². The maximum atomic E-state index is 12.1. The first-order valence-corrected chi connectivity index (χ1v) is 9.49. The quantitative estimate of drug-likeness (QED) is 0.782. The van der Waals surface area contributed by atoms with Crippen molar-refractivity contribution in [3.8, 4) is 6.07 Å². The summed E-state index contributed by atoms with van der Waals surface area (Å²) < 4.78 is 7.48. The second-order valence-electron chi connectivity index (χ2n) is 7.16. The summed E-state index contributed by atoms with van der Waals surface area (Å²) in [6, 6.07) is 2.21. The molecule has 5 nitrogen and oxygen atoms in total. The summed E-state index contributed by atoms with van der Waals surface area (Å²) in [6.07, 6.45) is 4.12. The van der Waals surface area contributed by atoms with Gasteiger partial charge in [0.1, 0.15) is 17.5 Å². The van der Waals surface area contributed by atoms with Crippen LogP contribution in [0.3, 0.4) is 0 Å². The standard InChI is InChI=1S/C18H25N3O2.C2H6/c1-12-20-17-15(21(12)7-4-8-23-3)6-5-14-9-16(22)13(11-19)10-18(14,17)2;1-2/h13-14H,4-10H2,1-3H3;1-2H3. The number of ketones is 1. The number of aromatic nitrogens is 2. The molecule has 0 aromatic carbocycles. The van der Waals surface area contributed by atoms with E-state index in [0.29, 0.717) is 18.8 Å². The van der Waals surface area contributed by atoms with Gasteiger partial charge in [0, 0.05) is 37.8 Å². The van der Waals surface area contributed by atoms with Crippen LogP contribution in [-0.4, -0.2) is 29.1 Å². The van der Waals surface area contributed by atoms with Gasteiger partial charge in [0.15, 0.2) is 0 Å². The number of carbonyl (C=O) groups is 1. The summed E-state index contributed by atoms with van der Waals surface area (Å²) in [6.45, 7) is 9.93. The van der Waals surface area contributed by atoms with Crippen LogP contribution in [0.2, 0.25) is 0 Å². The number of imidazole rings is 1. The summed E-state index contributed by atoms with van der Waals surface area (Å²) in [7, 11) is 1.73. The summed E-state index contributed by atoms with van der Waals surface area (Å²) >= 11 is 0. The number of nitriles is 1. The van der Waals surface area contributed by atoms with E-state index in [2.05, 4.69) is 24.5 Å². The number of carbonyl (C=O) groups excluding carboxylic acids is 1. The second-order valence-corrected chi connectivity index (χ2v) is 7.16. The van der Waals surface area contributed by atoms with Crippen LogP contribution in [0.5, 0.6) is 0 Å².